The molecule has 1 amide bonds. The van der Waals surface area contributed by atoms with E-state index in [0.717, 1.165) is 24.0 Å². The van der Waals surface area contributed by atoms with Crippen LogP contribution in [0.2, 0.25) is 0 Å². The number of pyridine rings is 1. The second-order valence-corrected chi connectivity index (χ2v) is 11.8. The summed E-state index contributed by atoms with van der Waals surface area (Å²) in [5, 5.41) is 15.5. The maximum atomic E-state index is 12.6. The number of nitriles is 1. The minimum Gasteiger partial charge on any atom is -0.470 e. The highest BCUT2D eigenvalue weighted by Gasteiger charge is 2.44. The number of amides is 1. The Labute approximate surface area is 251 Å². The van der Waals surface area contributed by atoms with Gasteiger partial charge < -0.3 is 20.1 Å². The standard InChI is InChI=1S/C34H36N6O3/c1-22(2)3-4-23-5-7-24(8-6-23)19-36-33-38-29-14-13-28(37-30(29)32(39-33)43-27-15-18-42-20-27)25-9-11-26(12-10-25)31(41)40-34(21-35)16-17-34/h5-14,22,27H,3-4,15-20H2,1-2H3,(H,40,41)(H,36,38,39)/t27-/m0/s1. The molecule has 0 bridgehead atoms. The molecule has 2 N–H and O–H groups in total. The first-order chi connectivity index (χ1) is 20.9. The molecular weight excluding hydrogens is 540 g/mol. The van der Waals surface area contributed by atoms with Crippen LogP contribution < -0.4 is 15.4 Å². The Morgan fingerprint density at radius 3 is 2.49 bits per heavy atom. The van der Waals surface area contributed by atoms with Gasteiger partial charge in [0.2, 0.25) is 11.8 Å². The summed E-state index contributed by atoms with van der Waals surface area (Å²) in [5.74, 6) is 1.33. The minimum atomic E-state index is -0.706. The zero-order chi connectivity index (χ0) is 29.8. The molecule has 1 aliphatic carbocycles. The molecule has 9 heteroatoms. The maximum Gasteiger partial charge on any atom is 0.252 e. The summed E-state index contributed by atoms with van der Waals surface area (Å²) >= 11 is 0. The highest BCUT2D eigenvalue weighted by atomic mass is 16.5. The van der Waals surface area contributed by atoms with Crippen molar-refractivity contribution in [2.45, 2.75) is 64.1 Å². The first-order valence-electron chi connectivity index (χ1n) is 15.0. The first kappa shape index (κ1) is 28.6. The quantitative estimate of drug-likeness (QED) is 0.228. The lowest BCUT2D eigenvalue weighted by Gasteiger charge is -2.15. The Hall–Kier alpha value is -4.55. The van der Waals surface area contributed by atoms with Crippen LogP contribution in [-0.2, 0) is 17.7 Å². The number of nitrogens with one attached hydrogen (secondary N) is 2. The van der Waals surface area contributed by atoms with Crippen molar-refractivity contribution in [3.05, 3.63) is 77.4 Å². The number of aromatic nitrogens is 3. The zero-order valence-corrected chi connectivity index (χ0v) is 24.6. The Morgan fingerprint density at radius 2 is 1.81 bits per heavy atom. The molecule has 2 aromatic heterocycles. The number of fused-ring (bicyclic) bond motifs is 1. The van der Waals surface area contributed by atoms with Crippen molar-refractivity contribution in [1.29, 1.82) is 5.26 Å². The van der Waals surface area contributed by atoms with Crippen molar-refractivity contribution in [3.8, 4) is 23.2 Å². The van der Waals surface area contributed by atoms with E-state index in [1.54, 1.807) is 12.1 Å². The normalized spacial score (nSPS) is 17.0. The lowest BCUT2D eigenvalue weighted by atomic mass is 10.0. The van der Waals surface area contributed by atoms with Crippen molar-refractivity contribution >= 4 is 22.9 Å². The molecule has 43 heavy (non-hydrogen) atoms. The molecule has 0 unspecified atom stereocenters. The lowest BCUT2D eigenvalue weighted by molar-refractivity contribution is 0.0941. The van der Waals surface area contributed by atoms with Crippen LogP contribution >= 0.6 is 0 Å². The molecule has 9 nitrogen and oxygen atoms in total. The van der Waals surface area contributed by atoms with Crippen molar-refractivity contribution in [1.82, 2.24) is 20.3 Å². The summed E-state index contributed by atoms with van der Waals surface area (Å²) in [4.78, 5) is 26.9. The molecule has 1 aliphatic heterocycles. The number of benzene rings is 2. The second-order valence-electron chi connectivity index (χ2n) is 11.8. The van der Waals surface area contributed by atoms with Crippen LogP contribution in [0.1, 0.15) is 61.0 Å². The van der Waals surface area contributed by atoms with Crippen LogP contribution in [-0.4, -0.2) is 45.7 Å². The third-order valence-corrected chi connectivity index (χ3v) is 7.92. The van der Waals surface area contributed by atoms with E-state index < -0.39 is 5.54 Å². The van der Waals surface area contributed by atoms with Crippen LogP contribution in [0.25, 0.3) is 22.3 Å². The van der Waals surface area contributed by atoms with Gasteiger partial charge in [-0.3, -0.25) is 4.79 Å². The number of carbonyl (C=O) groups is 1. The summed E-state index contributed by atoms with van der Waals surface area (Å²) in [6, 6.07) is 21.9. The fourth-order valence-electron chi connectivity index (χ4n) is 5.01. The topological polar surface area (TPSA) is 122 Å². The number of anilines is 1. The van der Waals surface area contributed by atoms with Gasteiger partial charge in [0.25, 0.3) is 5.91 Å². The highest BCUT2D eigenvalue weighted by molar-refractivity contribution is 5.95. The summed E-state index contributed by atoms with van der Waals surface area (Å²) in [5.41, 5.74) is 5.08. The fraction of sp³-hybridized carbons (Fsp3) is 0.382. The van der Waals surface area contributed by atoms with Crippen molar-refractivity contribution in [2.75, 3.05) is 18.5 Å². The molecule has 220 valence electrons. The predicted octanol–water partition coefficient (Wildman–Crippen LogP) is 5.85. The van der Waals surface area contributed by atoms with E-state index in [4.69, 9.17) is 24.4 Å². The van der Waals surface area contributed by atoms with E-state index in [-0.39, 0.29) is 12.0 Å². The molecule has 1 saturated heterocycles. The second kappa shape index (κ2) is 12.4. The van der Waals surface area contributed by atoms with Crippen LogP contribution in [0, 0.1) is 17.2 Å². The molecule has 0 radical (unpaired) electrons. The number of hydrogen-bond donors (Lipinski definition) is 2. The van der Waals surface area contributed by atoms with Crippen molar-refractivity contribution in [3.63, 3.8) is 0 Å². The number of nitrogens with zero attached hydrogens (tertiary/aromatic N) is 4. The van der Waals surface area contributed by atoms with E-state index in [1.807, 2.05) is 24.3 Å². The molecule has 4 aromatic rings. The smallest absolute Gasteiger partial charge is 0.252 e. The van der Waals surface area contributed by atoms with Crippen LogP contribution in [0.3, 0.4) is 0 Å². The van der Waals surface area contributed by atoms with Crippen molar-refractivity contribution < 1.29 is 14.3 Å². The molecule has 3 heterocycles. The Bertz CT molecular complexity index is 1640. The van der Waals surface area contributed by atoms with Gasteiger partial charge in [0, 0.05) is 24.1 Å². The first-order valence-corrected chi connectivity index (χ1v) is 15.0. The SMILES string of the molecule is CC(C)CCc1ccc(CNc2nc(O[C@H]3CCOC3)c3nc(-c4ccc(C(=O)NC5(C#N)CC5)cc4)ccc3n2)cc1. The van der Waals surface area contributed by atoms with Gasteiger partial charge in [-0.1, -0.05) is 50.2 Å². The van der Waals surface area contributed by atoms with E-state index >= 15 is 0 Å². The molecule has 2 aromatic carbocycles. The van der Waals surface area contributed by atoms with Gasteiger partial charge in [0.05, 0.1) is 30.5 Å². The molecule has 2 aliphatic rings. The van der Waals surface area contributed by atoms with E-state index in [9.17, 15) is 10.1 Å². The zero-order valence-electron chi connectivity index (χ0n) is 24.6. The Kier molecular flexibility index (Phi) is 8.21. The van der Waals surface area contributed by atoms with Crippen LogP contribution in [0.4, 0.5) is 5.95 Å². The number of ether oxygens (including phenoxy) is 2. The number of carbonyl (C=O) groups excluding carboxylic acids is 1. The number of rotatable bonds is 11. The summed E-state index contributed by atoms with van der Waals surface area (Å²) in [6.07, 6.45) is 4.33. The Balaban J connectivity index is 1.21. The maximum absolute atomic E-state index is 12.6. The van der Waals surface area contributed by atoms with Gasteiger partial charge in [0.1, 0.15) is 11.6 Å². The summed E-state index contributed by atoms with van der Waals surface area (Å²) in [7, 11) is 0. The summed E-state index contributed by atoms with van der Waals surface area (Å²) < 4.78 is 11.8. The molecule has 2 fully saturated rings. The third kappa shape index (κ3) is 6.92. The van der Waals surface area contributed by atoms with Gasteiger partial charge in [0.15, 0.2) is 5.52 Å². The van der Waals surface area contributed by atoms with Gasteiger partial charge in [-0.05, 0) is 67.0 Å². The Morgan fingerprint density at radius 1 is 1.05 bits per heavy atom. The van der Waals surface area contributed by atoms with Gasteiger partial charge in [-0.25, -0.2) is 9.97 Å². The predicted molar refractivity (Wildman–Crippen MR) is 165 cm³/mol. The van der Waals surface area contributed by atoms with Crippen LogP contribution in [0.15, 0.2) is 60.7 Å². The molecule has 6 rings (SSSR count). The number of hydrogen-bond acceptors (Lipinski definition) is 8. The summed E-state index contributed by atoms with van der Waals surface area (Å²) in [6.45, 7) is 6.24. The van der Waals surface area contributed by atoms with Gasteiger partial charge in [-0.15, -0.1) is 0 Å². The monoisotopic (exact) mass is 576 g/mol. The molecule has 0 spiro atoms. The van der Waals surface area contributed by atoms with Gasteiger partial charge >= 0.3 is 0 Å². The van der Waals surface area contributed by atoms with E-state index in [2.05, 4.69) is 54.8 Å². The third-order valence-electron chi connectivity index (χ3n) is 7.92. The van der Waals surface area contributed by atoms with E-state index in [1.165, 1.54) is 12.0 Å². The average Bonchev–Trinajstić information content (AvgIpc) is 3.61. The fourth-order valence-corrected chi connectivity index (χ4v) is 5.01. The largest absolute Gasteiger partial charge is 0.470 e. The molecule has 1 saturated carbocycles. The molecular formula is C34H36N6O3. The lowest BCUT2D eigenvalue weighted by Crippen LogP contribution is -2.35. The average molecular weight is 577 g/mol. The van der Waals surface area contributed by atoms with Crippen molar-refractivity contribution in [2.24, 2.45) is 5.92 Å². The van der Waals surface area contributed by atoms with Gasteiger partial charge in [-0.2, -0.15) is 10.2 Å². The highest BCUT2D eigenvalue weighted by Crippen LogP contribution is 2.35. The van der Waals surface area contributed by atoms with E-state index in [0.29, 0.717) is 72.6 Å². The van der Waals surface area contributed by atoms with Crippen LogP contribution in [0.5, 0.6) is 5.88 Å². The number of aryl methyl sites for hydroxylation is 1. The molecule has 1 atom stereocenters. The minimum absolute atomic E-state index is 0.101.